The summed E-state index contributed by atoms with van der Waals surface area (Å²) >= 11 is 25.0. The van der Waals surface area contributed by atoms with Crippen LogP contribution in [-0.4, -0.2) is 113 Å². The van der Waals surface area contributed by atoms with Gasteiger partial charge in [-0.2, -0.15) is 0 Å². The summed E-state index contributed by atoms with van der Waals surface area (Å²) in [5, 5.41) is 31.9. The van der Waals surface area contributed by atoms with Crippen molar-refractivity contribution in [3.8, 4) is 11.5 Å². The molecule has 0 saturated carbocycles. The molecule has 0 aromatic heterocycles. The largest absolute Gasteiger partial charge is 0.482 e. The molecule has 0 saturated heterocycles. The van der Waals surface area contributed by atoms with E-state index in [2.05, 4.69) is 45.1 Å². The average molecular weight is 1090 g/mol. The molecule has 10 N–H and O–H groups in total. The molecule has 7 amide bonds. The fourth-order valence-corrected chi connectivity index (χ4v) is 7.00. The number of amides is 7. The molecule has 3 aromatic rings. The minimum absolute atomic E-state index is 0.0310. The highest BCUT2D eigenvalue weighted by Crippen LogP contribution is 2.37. The summed E-state index contributed by atoms with van der Waals surface area (Å²) in [6, 6.07) is 6.04. The van der Waals surface area contributed by atoms with Crippen molar-refractivity contribution in [3.05, 3.63) is 115 Å². The highest BCUT2D eigenvalue weighted by atomic mass is 35.5. The lowest BCUT2D eigenvalue weighted by atomic mass is 10.0. The molecular weight excluding hydrogens is 1040 g/mol. The van der Waals surface area contributed by atoms with E-state index in [1.807, 2.05) is 0 Å². The third kappa shape index (κ3) is 18.5. The first kappa shape index (κ1) is 59.8. The Kier molecular flexibility index (Phi) is 23.3. The van der Waals surface area contributed by atoms with Gasteiger partial charge in [-0.25, -0.2) is 0 Å². The van der Waals surface area contributed by atoms with Gasteiger partial charge in [-0.3, -0.25) is 52.7 Å². The first-order valence-corrected chi connectivity index (χ1v) is 23.1. The molecule has 73 heavy (non-hydrogen) atoms. The van der Waals surface area contributed by atoms with Crippen LogP contribution in [0.25, 0.3) is 0 Å². The second-order valence-electron chi connectivity index (χ2n) is 15.5. The summed E-state index contributed by atoms with van der Waals surface area (Å²) in [5.74, 6) is -10.5. The number of ether oxygens (including phenoxy) is 2. The number of nitrogens with two attached hydrogens (primary N) is 1. The third-order valence-corrected chi connectivity index (χ3v) is 11.7. The first-order chi connectivity index (χ1) is 34.4. The summed E-state index contributed by atoms with van der Waals surface area (Å²) in [6.45, 7) is 7.39. The van der Waals surface area contributed by atoms with Crippen LogP contribution in [0.1, 0.15) is 81.7 Å². The molecule has 2 atom stereocenters. The van der Waals surface area contributed by atoms with E-state index in [1.165, 1.54) is 42.5 Å². The van der Waals surface area contributed by atoms with Gasteiger partial charge in [0.25, 0.3) is 11.8 Å². The predicted octanol–water partition coefficient (Wildman–Crippen LogP) is 3.24. The Balaban J connectivity index is 1.53. The van der Waals surface area contributed by atoms with Gasteiger partial charge in [0.2, 0.25) is 29.5 Å². The molecule has 3 aromatic carbocycles. The van der Waals surface area contributed by atoms with Gasteiger partial charge >= 0.3 is 11.9 Å². The summed E-state index contributed by atoms with van der Waals surface area (Å²) < 4.78 is 10.8. The minimum atomic E-state index is -1.67. The lowest BCUT2D eigenvalue weighted by Crippen LogP contribution is -2.50. The number of aliphatic carboxylic acids is 2. The number of ketones is 2. The maximum absolute atomic E-state index is 12.9. The van der Waals surface area contributed by atoms with Crippen molar-refractivity contribution in [2.45, 2.75) is 64.7 Å². The lowest BCUT2D eigenvalue weighted by molar-refractivity contribution is -0.141. The molecule has 0 heterocycles. The Bertz CT molecular complexity index is 2560. The van der Waals surface area contributed by atoms with Crippen molar-refractivity contribution in [1.29, 1.82) is 0 Å². The zero-order valence-electron chi connectivity index (χ0n) is 39.0. The number of primary amides is 1. The van der Waals surface area contributed by atoms with E-state index in [9.17, 15) is 63.0 Å². The van der Waals surface area contributed by atoms with Crippen molar-refractivity contribution < 1.29 is 72.4 Å². The Morgan fingerprint density at radius 2 is 0.932 bits per heavy atom. The highest BCUT2D eigenvalue weighted by molar-refractivity contribution is 6.46. The van der Waals surface area contributed by atoms with Crippen molar-refractivity contribution in [2.24, 2.45) is 5.73 Å². The Hall–Kier alpha value is -7.53. The zero-order chi connectivity index (χ0) is 54.7. The maximum atomic E-state index is 12.9. The number of allylic oxidation sites excluding steroid dienone is 2. The van der Waals surface area contributed by atoms with E-state index in [1.54, 1.807) is 13.8 Å². The third-order valence-electron chi connectivity index (χ3n) is 10.0. The standard InChI is InChI=1S/C47H49Cl4N7O15/c1-5-22(3)43(67)27-7-9-31(41(50)39(27)48)72-20-35(61)57-29(14-37(63)64)46(70)55-18-33(59)53-16-24-11-25(13-26(12-24)45(52)69)17-54-34(60)19-56-47(71)30(15-38(65)66)58-36(62)21-73-32-10-8-28(40(49)42(32)51)44(68)23(4)6-2/h7-13,29-30H,3-6,14-21H2,1-2H3,(H2,52,69)(H,53,59)(H,54,60)(H,55,70)(H,56,71)(H,57,61)(H,58,62)(H,63,64)(H,65,66)/t29-,30-/m0/s1. The number of rotatable bonds is 29. The van der Waals surface area contributed by atoms with E-state index in [0.29, 0.717) is 24.0 Å². The molecule has 26 heteroatoms. The topological polar surface area (TPSA) is 345 Å². The van der Waals surface area contributed by atoms with Crippen LogP contribution in [0.15, 0.2) is 66.8 Å². The predicted molar refractivity (Wildman–Crippen MR) is 264 cm³/mol. The van der Waals surface area contributed by atoms with E-state index in [0.717, 1.165) is 0 Å². The molecule has 0 aliphatic carbocycles. The van der Waals surface area contributed by atoms with Crippen LogP contribution in [0.2, 0.25) is 20.1 Å². The highest BCUT2D eigenvalue weighted by Gasteiger charge is 2.27. The maximum Gasteiger partial charge on any atom is 0.305 e. The lowest BCUT2D eigenvalue weighted by Gasteiger charge is -2.18. The van der Waals surface area contributed by atoms with E-state index in [4.69, 9.17) is 61.6 Å². The normalized spacial score (nSPS) is 11.4. The molecule has 22 nitrogen and oxygen atoms in total. The van der Waals surface area contributed by atoms with Gasteiger partial charge in [-0.1, -0.05) is 79.5 Å². The molecule has 0 aliphatic rings. The van der Waals surface area contributed by atoms with E-state index in [-0.39, 0.29) is 72.5 Å². The van der Waals surface area contributed by atoms with Crippen LogP contribution in [-0.2, 0) is 51.4 Å². The number of carbonyl (C=O) groups is 11. The zero-order valence-corrected chi connectivity index (χ0v) is 42.0. The smallest absolute Gasteiger partial charge is 0.305 e. The molecule has 3 rings (SSSR count). The van der Waals surface area contributed by atoms with Gasteiger partial charge in [0.1, 0.15) is 33.6 Å². The van der Waals surface area contributed by atoms with Gasteiger partial charge in [-0.05, 0) is 71.5 Å². The number of carbonyl (C=O) groups excluding carboxylic acids is 9. The van der Waals surface area contributed by atoms with E-state index < -0.39 is 116 Å². The quantitative estimate of drug-likeness (QED) is 0.0356. The SMILES string of the molecule is C=C(CC)C(=O)c1ccc(OCC(=O)N[C@@H](CC(=O)O)C(=O)NCC(=O)NCc2cc(CNC(=O)CNC(=O)[C@H](CC(=O)O)NC(=O)COc3ccc(C(=O)C(=C)CC)c(Cl)c3Cl)cc(C(N)=O)c2)c(Cl)c1Cl. The second-order valence-corrected chi connectivity index (χ2v) is 17.0. The van der Waals surface area contributed by atoms with Gasteiger partial charge in [0, 0.05) is 29.8 Å². The Morgan fingerprint density at radius 1 is 0.562 bits per heavy atom. The van der Waals surface area contributed by atoms with Crippen molar-refractivity contribution in [3.63, 3.8) is 0 Å². The number of halogens is 4. The number of nitrogens with one attached hydrogen (secondary N) is 6. The van der Waals surface area contributed by atoms with Crippen molar-refractivity contribution in [2.75, 3.05) is 26.3 Å². The van der Waals surface area contributed by atoms with Crippen LogP contribution in [0, 0.1) is 0 Å². The van der Waals surface area contributed by atoms with Gasteiger partial charge in [0.15, 0.2) is 24.8 Å². The summed E-state index contributed by atoms with van der Waals surface area (Å²) in [5.41, 5.74) is 6.72. The van der Waals surface area contributed by atoms with Crippen LogP contribution in [0.3, 0.4) is 0 Å². The molecule has 0 bridgehead atoms. The molecule has 0 spiro atoms. The summed E-state index contributed by atoms with van der Waals surface area (Å²) in [4.78, 5) is 137. The van der Waals surface area contributed by atoms with Crippen LogP contribution < -0.4 is 47.1 Å². The summed E-state index contributed by atoms with van der Waals surface area (Å²) in [7, 11) is 0. The van der Waals surface area contributed by atoms with E-state index >= 15 is 0 Å². The molecule has 0 fully saturated rings. The number of Topliss-reactive ketones (excluding diaryl/α,β-unsaturated/α-hetero) is 2. The molecular formula is C47H49Cl4N7O15. The molecule has 0 radical (unpaired) electrons. The first-order valence-electron chi connectivity index (χ1n) is 21.6. The number of carboxylic acid groups (broad SMARTS) is 2. The average Bonchev–Trinajstić information content (AvgIpc) is 3.35. The van der Waals surface area contributed by atoms with Gasteiger partial charge < -0.3 is 57.3 Å². The second kappa shape index (κ2) is 28.5. The fourth-order valence-electron chi connectivity index (χ4n) is 6.08. The van der Waals surface area contributed by atoms with Crippen molar-refractivity contribution >= 4 is 111 Å². The Morgan fingerprint density at radius 3 is 1.26 bits per heavy atom. The number of benzene rings is 3. The Labute approximate surface area is 436 Å². The fraction of sp³-hybridized carbons (Fsp3) is 0.298. The van der Waals surface area contributed by atoms with Crippen LogP contribution in [0.4, 0.5) is 0 Å². The van der Waals surface area contributed by atoms with Crippen LogP contribution >= 0.6 is 46.4 Å². The number of hydrogen-bond acceptors (Lipinski definition) is 13. The number of carboxylic acids is 2. The van der Waals surface area contributed by atoms with Crippen molar-refractivity contribution in [1.82, 2.24) is 31.9 Å². The van der Waals surface area contributed by atoms with Gasteiger partial charge in [0.05, 0.1) is 36.0 Å². The number of hydrogen-bond donors (Lipinski definition) is 9. The monoisotopic (exact) mass is 1090 g/mol. The molecule has 0 aliphatic heterocycles. The minimum Gasteiger partial charge on any atom is -0.482 e. The molecule has 0 unspecified atom stereocenters. The summed E-state index contributed by atoms with van der Waals surface area (Å²) in [6.07, 6.45) is -1.05. The van der Waals surface area contributed by atoms with Crippen LogP contribution in [0.5, 0.6) is 11.5 Å². The molecule has 390 valence electrons. The van der Waals surface area contributed by atoms with Gasteiger partial charge in [-0.15, -0.1) is 0 Å².